The van der Waals surface area contributed by atoms with Gasteiger partial charge in [-0.2, -0.15) is 0 Å². The monoisotopic (exact) mass is 260 g/mol. The third-order valence-electron chi connectivity index (χ3n) is 2.75. The average Bonchev–Trinajstić information content (AvgIpc) is 2.82. The highest BCUT2D eigenvalue weighted by molar-refractivity contribution is 5.67. The van der Waals surface area contributed by atoms with Gasteiger partial charge in [-0.05, 0) is 12.5 Å². The zero-order chi connectivity index (χ0) is 13.7. The van der Waals surface area contributed by atoms with Gasteiger partial charge in [-0.15, -0.1) is 0 Å². The van der Waals surface area contributed by atoms with Crippen LogP contribution in [0.2, 0.25) is 0 Å². The van der Waals surface area contributed by atoms with E-state index in [0.29, 0.717) is 24.7 Å². The molecule has 0 saturated carbocycles. The van der Waals surface area contributed by atoms with Crippen molar-refractivity contribution in [2.24, 2.45) is 0 Å². The highest BCUT2D eigenvalue weighted by Gasteiger charge is 2.13. The van der Waals surface area contributed by atoms with Crippen molar-refractivity contribution in [1.82, 2.24) is 5.16 Å². The lowest BCUT2D eigenvalue weighted by Crippen LogP contribution is -2.25. The van der Waals surface area contributed by atoms with Crippen molar-refractivity contribution in [2.75, 3.05) is 11.4 Å². The van der Waals surface area contributed by atoms with Crippen LogP contribution >= 0.6 is 0 Å². The van der Waals surface area contributed by atoms with E-state index in [-0.39, 0.29) is 6.42 Å². The van der Waals surface area contributed by atoms with E-state index in [1.807, 2.05) is 48.2 Å². The fourth-order valence-electron chi connectivity index (χ4n) is 1.81. The van der Waals surface area contributed by atoms with Crippen LogP contribution in [-0.2, 0) is 11.3 Å². The van der Waals surface area contributed by atoms with Crippen LogP contribution in [0.4, 0.5) is 5.82 Å². The van der Waals surface area contributed by atoms with Crippen LogP contribution in [0.25, 0.3) is 0 Å². The van der Waals surface area contributed by atoms with Gasteiger partial charge in [0.05, 0.1) is 6.42 Å². The summed E-state index contributed by atoms with van der Waals surface area (Å²) < 4.78 is 5.05. The summed E-state index contributed by atoms with van der Waals surface area (Å²) in [4.78, 5) is 12.6. The second-order valence-electron chi connectivity index (χ2n) is 4.35. The molecule has 0 aliphatic heterocycles. The van der Waals surface area contributed by atoms with Gasteiger partial charge in [0.15, 0.2) is 5.82 Å². The van der Waals surface area contributed by atoms with E-state index in [1.54, 1.807) is 0 Å². The molecule has 1 aromatic carbocycles. The van der Waals surface area contributed by atoms with Gasteiger partial charge in [-0.1, -0.05) is 35.5 Å². The largest absolute Gasteiger partial charge is 0.481 e. The average molecular weight is 260 g/mol. The Labute approximate surface area is 111 Å². The van der Waals surface area contributed by atoms with Crippen molar-refractivity contribution in [3.63, 3.8) is 0 Å². The summed E-state index contributed by atoms with van der Waals surface area (Å²) >= 11 is 0. The van der Waals surface area contributed by atoms with Crippen molar-refractivity contribution in [3.8, 4) is 0 Å². The molecule has 19 heavy (non-hydrogen) atoms. The maximum Gasteiger partial charge on any atom is 0.305 e. The first-order chi connectivity index (χ1) is 9.15. The smallest absolute Gasteiger partial charge is 0.305 e. The van der Waals surface area contributed by atoms with Crippen LogP contribution in [-0.4, -0.2) is 22.8 Å². The molecular formula is C14H16N2O3. The zero-order valence-electron chi connectivity index (χ0n) is 10.7. The topological polar surface area (TPSA) is 66.6 Å². The molecule has 0 bridgehead atoms. The predicted octanol–water partition coefficient (Wildman–Crippen LogP) is 2.46. The SMILES string of the molecule is Cc1cc(N(CCC(=O)O)Cc2ccccc2)no1. The number of hydrogen-bond donors (Lipinski definition) is 1. The summed E-state index contributed by atoms with van der Waals surface area (Å²) in [5, 5.41) is 12.8. The molecule has 2 aromatic rings. The molecule has 1 aromatic heterocycles. The second-order valence-corrected chi connectivity index (χ2v) is 4.35. The molecule has 5 heteroatoms. The van der Waals surface area contributed by atoms with E-state index in [9.17, 15) is 4.79 Å². The molecule has 0 saturated heterocycles. The zero-order valence-corrected chi connectivity index (χ0v) is 10.7. The number of aliphatic carboxylic acids is 1. The minimum Gasteiger partial charge on any atom is -0.481 e. The molecule has 0 fully saturated rings. The summed E-state index contributed by atoms with van der Waals surface area (Å²) in [6.45, 7) is 2.82. The molecular weight excluding hydrogens is 244 g/mol. The summed E-state index contributed by atoms with van der Waals surface area (Å²) in [6, 6.07) is 11.7. The molecule has 0 atom stereocenters. The fourth-order valence-corrected chi connectivity index (χ4v) is 1.81. The quantitative estimate of drug-likeness (QED) is 0.864. The summed E-state index contributed by atoms with van der Waals surface area (Å²) in [7, 11) is 0. The molecule has 0 aliphatic rings. The summed E-state index contributed by atoms with van der Waals surface area (Å²) in [5.74, 6) is 0.560. The maximum absolute atomic E-state index is 10.7. The molecule has 0 radical (unpaired) electrons. The number of anilines is 1. The standard InChI is InChI=1S/C14H16N2O3/c1-11-9-13(15-19-11)16(8-7-14(17)18)10-12-5-3-2-4-6-12/h2-6,9H,7-8,10H2,1H3,(H,17,18). The van der Waals surface area contributed by atoms with Gasteiger partial charge in [0.25, 0.3) is 0 Å². The number of benzene rings is 1. The second kappa shape index (κ2) is 6.04. The Balaban J connectivity index is 2.12. The van der Waals surface area contributed by atoms with E-state index in [4.69, 9.17) is 9.63 Å². The van der Waals surface area contributed by atoms with Crippen LogP contribution in [0.5, 0.6) is 0 Å². The molecule has 0 aliphatic carbocycles. The molecule has 2 rings (SSSR count). The van der Waals surface area contributed by atoms with E-state index in [2.05, 4.69) is 5.16 Å². The number of aromatic nitrogens is 1. The van der Waals surface area contributed by atoms with Crippen LogP contribution in [0.1, 0.15) is 17.7 Å². The summed E-state index contributed by atoms with van der Waals surface area (Å²) in [6.07, 6.45) is 0.0682. The van der Waals surface area contributed by atoms with E-state index in [1.165, 1.54) is 0 Å². The Hall–Kier alpha value is -2.30. The van der Waals surface area contributed by atoms with Crippen molar-refractivity contribution in [3.05, 3.63) is 47.7 Å². The van der Waals surface area contributed by atoms with Crippen molar-refractivity contribution in [2.45, 2.75) is 19.9 Å². The van der Waals surface area contributed by atoms with Crippen LogP contribution in [0.3, 0.4) is 0 Å². The Bertz CT molecular complexity index is 537. The first kappa shape index (κ1) is 13.1. The van der Waals surface area contributed by atoms with Gasteiger partial charge in [-0.3, -0.25) is 4.79 Å². The van der Waals surface area contributed by atoms with Crippen LogP contribution in [0, 0.1) is 6.92 Å². The van der Waals surface area contributed by atoms with Gasteiger partial charge >= 0.3 is 5.97 Å². The third-order valence-corrected chi connectivity index (χ3v) is 2.75. The van der Waals surface area contributed by atoms with Gasteiger partial charge in [0.1, 0.15) is 5.76 Å². The number of carbonyl (C=O) groups is 1. The van der Waals surface area contributed by atoms with E-state index >= 15 is 0 Å². The maximum atomic E-state index is 10.7. The number of rotatable bonds is 6. The highest BCUT2D eigenvalue weighted by Crippen LogP contribution is 2.17. The lowest BCUT2D eigenvalue weighted by Gasteiger charge is -2.20. The highest BCUT2D eigenvalue weighted by atomic mass is 16.5. The van der Waals surface area contributed by atoms with Gasteiger partial charge < -0.3 is 14.5 Å². The van der Waals surface area contributed by atoms with Crippen molar-refractivity contribution >= 4 is 11.8 Å². The predicted molar refractivity (Wildman–Crippen MR) is 71.0 cm³/mol. The molecule has 0 unspecified atom stereocenters. The number of carboxylic acids is 1. The molecule has 1 N–H and O–H groups in total. The van der Waals surface area contributed by atoms with Gasteiger partial charge in [0.2, 0.25) is 0 Å². The Morgan fingerprint density at radius 3 is 2.68 bits per heavy atom. The number of aryl methyl sites for hydroxylation is 1. The first-order valence-corrected chi connectivity index (χ1v) is 6.09. The Morgan fingerprint density at radius 1 is 1.37 bits per heavy atom. The third kappa shape index (κ3) is 3.84. The number of nitrogens with zero attached hydrogens (tertiary/aromatic N) is 2. The minimum atomic E-state index is -0.821. The van der Waals surface area contributed by atoms with Gasteiger partial charge in [-0.25, -0.2) is 0 Å². The molecule has 5 nitrogen and oxygen atoms in total. The molecule has 1 heterocycles. The van der Waals surface area contributed by atoms with Gasteiger partial charge in [0, 0.05) is 19.2 Å². The van der Waals surface area contributed by atoms with Crippen molar-refractivity contribution in [1.29, 1.82) is 0 Å². The normalized spacial score (nSPS) is 10.4. The van der Waals surface area contributed by atoms with E-state index in [0.717, 1.165) is 5.56 Å². The van der Waals surface area contributed by atoms with E-state index < -0.39 is 5.97 Å². The van der Waals surface area contributed by atoms with Crippen molar-refractivity contribution < 1.29 is 14.4 Å². The molecule has 100 valence electrons. The lowest BCUT2D eigenvalue weighted by molar-refractivity contribution is -0.136. The Kier molecular flexibility index (Phi) is 4.18. The lowest BCUT2D eigenvalue weighted by atomic mass is 10.2. The Morgan fingerprint density at radius 2 is 2.11 bits per heavy atom. The summed E-state index contributed by atoms with van der Waals surface area (Å²) in [5.41, 5.74) is 1.11. The molecule has 0 amide bonds. The molecule has 0 spiro atoms. The minimum absolute atomic E-state index is 0.0682. The van der Waals surface area contributed by atoms with Crippen LogP contribution < -0.4 is 4.90 Å². The first-order valence-electron chi connectivity index (χ1n) is 6.09. The number of hydrogen-bond acceptors (Lipinski definition) is 4. The number of carboxylic acid groups (broad SMARTS) is 1. The fraction of sp³-hybridized carbons (Fsp3) is 0.286. The van der Waals surface area contributed by atoms with Crippen LogP contribution in [0.15, 0.2) is 40.9 Å².